The van der Waals surface area contributed by atoms with Crippen molar-refractivity contribution in [1.29, 1.82) is 0 Å². The molecule has 2 rings (SSSR count). The van der Waals surface area contributed by atoms with Crippen molar-refractivity contribution in [1.82, 2.24) is 4.31 Å². The number of sulfonamides is 1. The summed E-state index contributed by atoms with van der Waals surface area (Å²) in [5, 5.41) is 0. The zero-order chi connectivity index (χ0) is 14.8. The molecule has 0 spiro atoms. The summed E-state index contributed by atoms with van der Waals surface area (Å²) in [4.78, 5) is 0. The summed E-state index contributed by atoms with van der Waals surface area (Å²) in [5.74, 6) is -3.30. The molecule has 0 aromatic carbocycles. The maximum atomic E-state index is 12.8. The third-order valence-corrected chi connectivity index (χ3v) is 5.89. The highest BCUT2D eigenvalue weighted by Gasteiger charge is 2.48. The fourth-order valence-electron chi connectivity index (χ4n) is 2.78. The Morgan fingerprint density at radius 2 is 2.10 bits per heavy atom. The van der Waals surface area contributed by atoms with Gasteiger partial charge in [-0.3, -0.25) is 0 Å². The van der Waals surface area contributed by atoms with E-state index in [2.05, 4.69) is 0 Å². The Morgan fingerprint density at radius 3 is 2.70 bits per heavy atom. The van der Waals surface area contributed by atoms with Gasteiger partial charge in [0.25, 0.3) is 0 Å². The molecule has 0 aromatic rings. The second kappa shape index (κ2) is 6.21. The van der Waals surface area contributed by atoms with Gasteiger partial charge in [0.1, 0.15) is 0 Å². The molecule has 0 bridgehead atoms. The van der Waals surface area contributed by atoms with Crippen molar-refractivity contribution in [3.8, 4) is 0 Å². The molecule has 118 valence electrons. The van der Waals surface area contributed by atoms with E-state index < -0.39 is 21.9 Å². The van der Waals surface area contributed by atoms with Gasteiger partial charge in [0.2, 0.25) is 15.9 Å². The molecule has 1 aliphatic carbocycles. The van der Waals surface area contributed by atoms with Crippen LogP contribution in [-0.2, 0) is 19.5 Å². The zero-order valence-corrected chi connectivity index (χ0v) is 12.4. The van der Waals surface area contributed by atoms with Crippen LogP contribution in [0.25, 0.3) is 0 Å². The van der Waals surface area contributed by atoms with Crippen LogP contribution in [-0.4, -0.2) is 63.9 Å². The second-order valence-corrected chi connectivity index (χ2v) is 7.50. The molecule has 2 fully saturated rings. The largest absolute Gasteiger partial charge is 0.385 e. The quantitative estimate of drug-likeness (QED) is 0.737. The fourth-order valence-corrected chi connectivity index (χ4v) is 4.78. The highest BCUT2D eigenvalue weighted by atomic mass is 32.2. The predicted molar refractivity (Wildman–Crippen MR) is 69.3 cm³/mol. The Hall–Kier alpha value is -0.310. The summed E-state index contributed by atoms with van der Waals surface area (Å²) in [6.45, 7) is 1.42. The van der Waals surface area contributed by atoms with Gasteiger partial charge in [-0.15, -0.1) is 0 Å². The van der Waals surface area contributed by atoms with Crippen LogP contribution in [0.15, 0.2) is 0 Å². The number of hydrogen-bond donors (Lipinski definition) is 0. The first-order chi connectivity index (χ1) is 9.34. The maximum absolute atomic E-state index is 12.8. The third-order valence-electron chi connectivity index (χ3n) is 3.81. The third kappa shape index (κ3) is 3.87. The summed E-state index contributed by atoms with van der Waals surface area (Å²) in [6.07, 6.45) is -0.0881. The summed E-state index contributed by atoms with van der Waals surface area (Å²) >= 11 is 0. The van der Waals surface area contributed by atoms with Gasteiger partial charge in [0.15, 0.2) is 0 Å². The summed E-state index contributed by atoms with van der Waals surface area (Å²) in [6, 6.07) is -0.255. The van der Waals surface area contributed by atoms with Crippen molar-refractivity contribution < 1.29 is 26.7 Å². The standard InChI is InChI=1S/C12H21F2NO4S/c1-18-4-2-11-8-19-5-3-15(11)20(16,17)9-10-6-12(13,14)7-10/h10-11H,2-9H2,1H3. The van der Waals surface area contributed by atoms with Crippen molar-refractivity contribution in [2.24, 2.45) is 5.92 Å². The van der Waals surface area contributed by atoms with Crippen LogP contribution in [0.5, 0.6) is 0 Å². The Labute approximate surface area is 118 Å². The number of methoxy groups -OCH3 is 1. The zero-order valence-electron chi connectivity index (χ0n) is 11.6. The molecule has 2 aliphatic rings. The molecule has 1 atom stereocenters. The van der Waals surface area contributed by atoms with E-state index in [9.17, 15) is 17.2 Å². The molecule has 0 amide bonds. The van der Waals surface area contributed by atoms with Crippen molar-refractivity contribution in [3.05, 3.63) is 0 Å². The first-order valence-corrected chi connectivity index (χ1v) is 8.39. The molecule has 1 saturated heterocycles. The van der Waals surface area contributed by atoms with Crippen LogP contribution in [0, 0.1) is 5.92 Å². The Morgan fingerprint density at radius 1 is 1.40 bits per heavy atom. The lowest BCUT2D eigenvalue weighted by Gasteiger charge is -2.39. The molecule has 1 unspecified atom stereocenters. The number of alkyl halides is 2. The number of ether oxygens (including phenoxy) is 2. The summed E-state index contributed by atoms with van der Waals surface area (Å²) in [7, 11) is -1.95. The van der Waals surface area contributed by atoms with E-state index in [4.69, 9.17) is 9.47 Å². The highest BCUT2D eigenvalue weighted by molar-refractivity contribution is 7.89. The molecule has 8 heteroatoms. The first-order valence-electron chi connectivity index (χ1n) is 6.78. The van der Waals surface area contributed by atoms with Gasteiger partial charge in [0, 0.05) is 33.1 Å². The molecule has 5 nitrogen and oxygen atoms in total. The SMILES string of the molecule is COCCC1COCCN1S(=O)(=O)CC1CC(F)(F)C1. The molecule has 0 radical (unpaired) electrons. The molecular weight excluding hydrogens is 292 g/mol. The summed E-state index contributed by atoms with van der Waals surface area (Å²) in [5.41, 5.74) is 0. The van der Waals surface area contributed by atoms with Gasteiger partial charge < -0.3 is 9.47 Å². The lowest BCUT2D eigenvalue weighted by Crippen LogP contribution is -2.51. The molecule has 20 heavy (non-hydrogen) atoms. The van der Waals surface area contributed by atoms with E-state index >= 15 is 0 Å². The van der Waals surface area contributed by atoms with Gasteiger partial charge in [-0.2, -0.15) is 4.31 Å². The molecular formula is C12H21F2NO4S. The van der Waals surface area contributed by atoms with Crippen molar-refractivity contribution in [2.75, 3.05) is 39.2 Å². The Bertz CT molecular complexity index is 421. The smallest absolute Gasteiger partial charge is 0.248 e. The minimum absolute atomic E-state index is 0.188. The van der Waals surface area contributed by atoms with Crippen LogP contribution in [0.1, 0.15) is 19.3 Å². The van der Waals surface area contributed by atoms with E-state index in [0.29, 0.717) is 32.8 Å². The van der Waals surface area contributed by atoms with Crippen molar-refractivity contribution >= 4 is 10.0 Å². The lowest BCUT2D eigenvalue weighted by molar-refractivity contribution is -0.104. The minimum Gasteiger partial charge on any atom is -0.385 e. The highest BCUT2D eigenvalue weighted by Crippen LogP contribution is 2.43. The number of halogens is 2. The molecule has 0 N–H and O–H groups in total. The topological polar surface area (TPSA) is 55.8 Å². The molecule has 0 aromatic heterocycles. The minimum atomic E-state index is -3.51. The van der Waals surface area contributed by atoms with Gasteiger partial charge in [-0.05, 0) is 12.3 Å². The normalized spacial score (nSPS) is 28.2. The van der Waals surface area contributed by atoms with Crippen molar-refractivity contribution in [3.63, 3.8) is 0 Å². The second-order valence-electron chi connectivity index (χ2n) is 5.53. The van der Waals surface area contributed by atoms with Crippen LogP contribution < -0.4 is 0 Å². The Kier molecular flexibility index (Phi) is 4.99. The van der Waals surface area contributed by atoms with Crippen LogP contribution in [0.3, 0.4) is 0 Å². The van der Waals surface area contributed by atoms with Gasteiger partial charge in [-0.25, -0.2) is 17.2 Å². The van der Waals surface area contributed by atoms with Crippen molar-refractivity contribution in [2.45, 2.75) is 31.2 Å². The Balaban J connectivity index is 1.95. The van der Waals surface area contributed by atoms with E-state index in [1.807, 2.05) is 0 Å². The monoisotopic (exact) mass is 313 g/mol. The summed E-state index contributed by atoms with van der Waals surface area (Å²) < 4.78 is 62.0. The molecule has 1 heterocycles. The number of nitrogens with zero attached hydrogens (tertiary/aromatic N) is 1. The fraction of sp³-hybridized carbons (Fsp3) is 1.00. The van der Waals surface area contributed by atoms with Crippen LogP contribution in [0.4, 0.5) is 8.78 Å². The van der Waals surface area contributed by atoms with Gasteiger partial charge >= 0.3 is 0 Å². The van der Waals surface area contributed by atoms with E-state index in [1.54, 1.807) is 7.11 Å². The number of rotatable bonds is 6. The first kappa shape index (κ1) is 16.1. The molecule has 1 saturated carbocycles. The van der Waals surface area contributed by atoms with Crippen LogP contribution in [0.2, 0.25) is 0 Å². The molecule has 1 aliphatic heterocycles. The average Bonchev–Trinajstić information content (AvgIpc) is 2.34. The number of morpholine rings is 1. The van der Waals surface area contributed by atoms with Crippen LogP contribution >= 0.6 is 0 Å². The van der Waals surface area contributed by atoms with E-state index in [0.717, 1.165) is 0 Å². The number of hydrogen-bond acceptors (Lipinski definition) is 4. The van der Waals surface area contributed by atoms with Gasteiger partial charge in [0.05, 0.1) is 25.0 Å². The van der Waals surface area contributed by atoms with Gasteiger partial charge in [-0.1, -0.05) is 0 Å². The van der Waals surface area contributed by atoms with E-state index in [-0.39, 0.29) is 24.6 Å². The lowest BCUT2D eigenvalue weighted by atomic mass is 9.83. The maximum Gasteiger partial charge on any atom is 0.248 e. The average molecular weight is 313 g/mol. The van der Waals surface area contributed by atoms with E-state index in [1.165, 1.54) is 4.31 Å². The predicted octanol–water partition coefficient (Wildman–Crippen LogP) is 1.10.